The fourth-order valence-electron chi connectivity index (χ4n) is 0.512. The van der Waals surface area contributed by atoms with E-state index in [4.69, 9.17) is 5.11 Å². The van der Waals surface area contributed by atoms with E-state index < -0.39 is 5.97 Å². The third-order valence-corrected chi connectivity index (χ3v) is 1.08. The zero-order chi connectivity index (χ0) is 8.85. The molecule has 0 atom stereocenters. The van der Waals surface area contributed by atoms with Crippen molar-refractivity contribution < 1.29 is 14.6 Å². The summed E-state index contributed by atoms with van der Waals surface area (Å²) >= 11 is 0. The quantitative estimate of drug-likeness (QED) is 0.289. The van der Waals surface area contributed by atoms with Gasteiger partial charge in [-0.1, -0.05) is 19.2 Å². The predicted octanol–water partition coefficient (Wildman–Crippen LogP) is 1.34. The lowest BCUT2D eigenvalue weighted by Gasteiger charge is -1.99. The summed E-state index contributed by atoms with van der Waals surface area (Å²) in [5.41, 5.74) is 0.0162. The van der Waals surface area contributed by atoms with Gasteiger partial charge in [-0.3, -0.25) is 0 Å². The Morgan fingerprint density at radius 1 is 1.45 bits per heavy atom. The first-order chi connectivity index (χ1) is 5.17. The van der Waals surface area contributed by atoms with Crippen LogP contribution in [0.2, 0.25) is 0 Å². The van der Waals surface area contributed by atoms with Gasteiger partial charge < -0.3 is 9.84 Å². The van der Waals surface area contributed by atoms with Crippen LogP contribution in [0.3, 0.4) is 0 Å². The van der Waals surface area contributed by atoms with Gasteiger partial charge in [0.05, 0.1) is 7.11 Å². The van der Waals surface area contributed by atoms with Crippen LogP contribution < -0.4 is 0 Å². The van der Waals surface area contributed by atoms with Gasteiger partial charge in [0, 0.05) is 0 Å². The highest BCUT2D eigenvalue weighted by Gasteiger charge is 2.08. The Labute approximate surface area is 65.3 Å². The molecule has 0 amide bonds. The zero-order valence-electron chi connectivity index (χ0n) is 6.33. The smallest absolute Gasteiger partial charge is 0.341 e. The molecule has 0 aromatic carbocycles. The number of carbonyl (C=O) groups excluding carboxylic acids is 1. The highest BCUT2D eigenvalue weighted by molar-refractivity contribution is 5.92. The van der Waals surface area contributed by atoms with Crippen LogP contribution in [0.15, 0.2) is 36.6 Å². The summed E-state index contributed by atoms with van der Waals surface area (Å²) in [7, 11) is 1.22. The monoisotopic (exact) mass is 154 g/mol. The van der Waals surface area contributed by atoms with Gasteiger partial charge in [-0.05, 0) is 6.08 Å². The molecule has 0 fully saturated rings. The van der Waals surface area contributed by atoms with Crippen molar-refractivity contribution in [3.05, 3.63) is 36.6 Å². The molecule has 0 aliphatic rings. The number of rotatable bonds is 3. The number of carbonyl (C=O) groups is 1. The van der Waals surface area contributed by atoms with Crippen molar-refractivity contribution in [3.63, 3.8) is 0 Å². The molecule has 0 spiro atoms. The van der Waals surface area contributed by atoms with Crippen LogP contribution in [0.4, 0.5) is 0 Å². The standard InChI is InChI=1S/C8H10O3/c1-4-6(7(9)5-2)8(10)11-3/h4-5,9H,1-2H2,3H3/b7-6-. The molecule has 0 saturated heterocycles. The number of aliphatic hydroxyl groups is 1. The van der Waals surface area contributed by atoms with E-state index in [1.807, 2.05) is 0 Å². The van der Waals surface area contributed by atoms with Crippen molar-refractivity contribution in [2.24, 2.45) is 0 Å². The van der Waals surface area contributed by atoms with E-state index >= 15 is 0 Å². The Bertz CT molecular complexity index is 213. The second-order valence-electron chi connectivity index (χ2n) is 1.70. The van der Waals surface area contributed by atoms with E-state index in [0.29, 0.717) is 0 Å². The number of esters is 1. The van der Waals surface area contributed by atoms with Gasteiger partial charge in [0.15, 0.2) is 0 Å². The Kier molecular flexibility index (Phi) is 3.73. The van der Waals surface area contributed by atoms with Gasteiger partial charge in [0.2, 0.25) is 0 Å². The number of methoxy groups -OCH3 is 1. The van der Waals surface area contributed by atoms with Crippen LogP contribution in [0.1, 0.15) is 0 Å². The van der Waals surface area contributed by atoms with E-state index in [1.165, 1.54) is 13.2 Å². The average Bonchev–Trinajstić information content (AvgIpc) is 2.05. The van der Waals surface area contributed by atoms with Gasteiger partial charge in [0.25, 0.3) is 0 Å². The van der Waals surface area contributed by atoms with Crippen LogP contribution in [0, 0.1) is 0 Å². The summed E-state index contributed by atoms with van der Waals surface area (Å²) in [6, 6.07) is 0. The number of allylic oxidation sites excluding steroid dienone is 1. The van der Waals surface area contributed by atoms with E-state index in [0.717, 1.165) is 6.08 Å². The van der Waals surface area contributed by atoms with Crippen LogP contribution in [-0.2, 0) is 9.53 Å². The molecule has 0 rings (SSSR count). The molecule has 0 aromatic rings. The summed E-state index contributed by atoms with van der Waals surface area (Å²) in [4.78, 5) is 10.8. The lowest BCUT2D eigenvalue weighted by Crippen LogP contribution is -2.04. The molecule has 11 heavy (non-hydrogen) atoms. The Hall–Kier alpha value is -1.51. The lowest BCUT2D eigenvalue weighted by atomic mass is 10.2. The van der Waals surface area contributed by atoms with E-state index in [1.54, 1.807) is 0 Å². The summed E-state index contributed by atoms with van der Waals surface area (Å²) in [5.74, 6) is -0.857. The van der Waals surface area contributed by atoms with Crippen molar-refractivity contribution in [2.45, 2.75) is 0 Å². The van der Waals surface area contributed by atoms with Gasteiger partial charge in [-0.15, -0.1) is 0 Å². The maximum absolute atomic E-state index is 10.8. The largest absolute Gasteiger partial charge is 0.507 e. The first-order valence-corrected chi connectivity index (χ1v) is 2.93. The molecule has 0 aromatic heterocycles. The molecule has 0 heterocycles. The highest BCUT2D eigenvalue weighted by atomic mass is 16.5. The van der Waals surface area contributed by atoms with Crippen LogP contribution in [0.5, 0.6) is 0 Å². The molecule has 0 saturated carbocycles. The average molecular weight is 154 g/mol. The number of hydrogen-bond acceptors (Lipinski definition) is 3. The van der Waals surface area contributed by atoms with Crippen molar-refractivity contribution in [1.82, 2.24) is 0 Å². The number of ether oxygens (including phenoxy) is 1. The molecule has 1 N–H and O–H groups in total. The first kappa shape index (κ1) is 9.49. The fraction of sp³-hybridized carbons (Fsp3) is 0.125. The number of hydrogen-bond donors (Lipinski definition) is 1. The van der Waals surface area contributed by atoms with Crippen LogP contribution in [-0.4, -0.2) is 18.2 Å². The third-order valence-electron chi connectivity index (χ3n) is 1.08. The summed E-state index contributed by atoms with van der Waals surface area (Å²) in [6.45, 7) is 6.62. The Morgan fingerprint density at radius 2 is 2.00 bits per heavy atom. The van der Waals surface area contributed by atoms with Crippen LogP contribution >= 0.6 is 0 Å². The second kappa shape index (κ2) is 4.33. The van der Waals surface area contributed by atoms with Crippen molar-refractivity contribution >= 4 is 5.97 Å². The number of aliphatic hydroxyl groups excluding tert-OH is 1. The second-order valence-corrected chi connectivity index (χ2v) is 1.70. The lowest BCUT2D eigenvalue weighted by molar-refractivity contribution is -0.135. The molecule has 0 radical (unpaired) electrons. The maximum atomic E-state index is 10.8. The minimum Gasteiger partial charge on any atom is -0.507 e. The summed E-state index contributed by atoms with van der Waals surface area (Å²) < 4.78 is 4.35. The molecule has 60 valence electrons. The molecule has 0 aliphatic heterocycles. The van der Waals surface area contributed by atoms with E-state index in [-0.39, 0.29) is 11.3 Å². The van der Waals surface area contributed by atoms with Crippen molar-refractivity contribution in [3.8, 4) is 0 Å². The van der Waals surface area contributed by atoms with Crippen molar-refractivity contribution in [2.75, 3.05) is 7.11 Å². The topological polar surface area (TPSA) is 46.5 Å². The highest BCUT2D eigenvalue weighted by Crippen LogP contribution is 2.05. The Morgan fingerprint density at radius 3 is 2.27 bits per heavy atom. The molecular weight excluding hydrogens is 144 g/mol. The first-order valence-electron chi connectivity index (χ1n) is 2.93. The van der Waals surface area contributed by atoms with Crippen molar-refractivity contribution in [1.29, 1.82) is 0 Å². The van der Waals surface area contributed by atoms with Gasteiger partial charge >= 0.3 is 5.97 Å². The Balaban J connectivity index is 4.78. The SMILES string of the molecule is C=C/C(O)=C(\C=C)C(=O)OC. The molecule has 3 heteroatoms. The molecular formula is C8H10O3. The molecule has 3 nitrogen and oxygen atoms in total. The van der Waals surface area contributed by atoms with E-state index in [9.17, 15) is 4.79 Å². The third kappa shape index (κ3) is 2.29. The van der Waals surface area contributed by atoms with E-state index in [2.05, 4.69) is 17.9 Å². The molecule has 0 bridgehead atoms. The van der Waals surface area contributed by atoms with Crippen LogP contribution in [0.25, 0.3) is 0 Å². The zero-order valence-corrected chi connectivity index (χ0v) is 6.33. The molecule has 0 unspecified atom stereocenters. The predicted molar refractivity (Wildman–Crippen MR) is 42.1 cm³/mol. The van der Waals surface area contributed by atoms with Gasteiger partial charge in [-0.2, -0.15) is 0 Å². The fourth-order valence-corrected chi connectivity index (χ4v) is 0.512. The maximum Gasteiger partial charge on any atom is 0.341 e. The normalized spacial score (nSPS) is 11.4. The van der Waals surface area contributed by atoms with Gasteiger partial charge in [0.1, 0.15) is 11.3 Å². The summed E-state index contributed by atoms with van der Waals surface area (Å²) in [6.07, 6.45) is 2.36. The minimum absolute atomic E-state index is 0.0162. The van der Waals surface area contributed by atoms with Gasteiger partial charge in [-0.25, -0.2) is 4.79 Å². The minimum atomic E-state index is -0.627. The molecule has 0 aliphatic carbocycles. The summed E-state index contributed by atoms with van der Waals surface area (Å²) in [5, 5.41) is 9.01.